The number of rotatable bonds is 17. The quantitative estimate of drug-likeness (QED) is 0.182. The Hall–Kier alpha value is -1.26. The molecule has 0 saturated heterocycles. The van der Waals surface area contributed by atoms with Crippen LogP contribution in [-0.4, -0.2) is 37.1 Å². The molecule has 0 atom stereocenters. The zero-order valence-electron chi connectivity index (χ0n) is 16.7. The topological polar surface area (TPSA) is 81.2 Å². The van der Waals surface area contributed by atoms with Gasteiger partial charge in [-0.3, -0.25) is 15.6 Å². The second kappa shape index (κ2) is 17.6. The van der Waals surface area contributed by atoms with Crippen LogP contribution in [0.2, 0.25) is 0 Å². The summed E-state index contributed by atoms with van der Waals surface area (Å²) in [5, 5.41) is 13.5. The van der Waals surface area contributed by atoms with Crippen molar-refractivity contribution in [3.8, 4) is 0 Å². The summed E-state index contributed by atoms with van der Waals surface area (Å²) in [7, 11) is 3.89. The van der Waals surface area contributed by atoms with Gasteiger partial charge in [0.05, 0.1) is 20.6 Å². The van der Waals surface area contributed by atoms with E-state index in [0.717, 1.165) is 25.3 Å². The molecule has 148 valence electrons. The van der Waals surface area contributed by atoms with E-state index in [1.807, 2.05) is 18.7 Å². The lowest BCUT2D eigenvalue weighted by Gasteiger charge is -2.04. The van der Waals surface area contributed by atoms with Gasteiger partial charge in [0, 0.05) is 5.97 Å². The highest BCUT2D eigenvalue weighted by Crippen LogP contribution is 2.13. The van der Waals surface area contributed by atoms with Crippen LogP contribution in [0.1, 0.15) is 96.3 Å². The first-order valence-corrected chi connectivity index (χ1v) is 10.3. The van der Waals surface area contributed by atoms with Gasteiger partial charge in [0.25, 0.3) is 0 Å². The Kier molecular flexibility index (Phi) is 16.7. The van der Waals surface area contributed by atoms with Crippen LogP contribution in [0.5, 0.6) is 0 Å². The number of hydrogen-bond acceptors (Lipinski definition) is 2. The van der Waals surface area contributed by atoms with Crippen LogP contribution in [0, 0.1) is 0 Å². The number of nitrogens with two attached hydrogens (primary N) is 1. The Bertz CT molecular complexity index is 353. The highest BCUT2D eigenvalue weighted by atomic mass is 16.4. The predicted octanol–water partition coefficient (Wildman–Crippen LogP) is 2.76. The highest BCUT2D eigenvalue weighted by molar-refractivity contribution is 5.72. The summed E-state index contributed by atoms with van der Waals surface area (Å²) in [5.74, 6) is -0.165. The summed E-state index contributed by atoms with van der Waals surface area (Å²) < 4.78 is 1.90. The molecular formula is C20H41N3O2. The van der Waals surface area contributed by atoms with Crippen molar-refractivity contribution in [3.63, 3.8) is 0 Å². The molecule has 0 aromatic carbocycles. The minimum Gasteiger partial charge on any atom is -0.550 e. The number of nitrogens with zero attached hydrogens (tertiary/aromatic N) is 1. The van der Waals surface area contributed by atoms with E-state index in [1.165, 1.54) is 77.0 Å². The summed E-state index contributed by atoms with van der Waals surface area (Å²) in [6.07, 6.45) is 17.7. The maximum Gasteiger partial charge on any atom is 0.342 e. The third-order valence-electron chi connectivity index (χ3n) is 4.60. The van der Waals surface area contributed by atoms with Gasteiger partial charge in [-0.1, -0.05) is 77.0 Å². The van der Waals surface area contributed by atoms with E-state index in [4.69, 9.17) is 5.73 Å². The molecule has 0 aromatic heterocycles. The number of hydrogen-bond donors (Lipinski definition) is 2. The van der Waals surface area contributed by atoms with Crippen molar-refractivity contribution < 1.29 is 14.5 Å². The molecule has 3 N–H and O–H groups in total. The van der Waals surface area contributed by atoms with E-state index in [-0.39, 0.29) is 6.42 Å². The number of carboxylic acids is 1. The van der Waals surface area contributed by atoms with E-state index in [2.05, 4.69) is 5.32 Å². The monoisotopic (exact) mass is 355 g/mol. The number of aliphatic carboxylic acids is 1. The molecule has 0 spiro atoms. The van der Waals surface area contributed by atoms with Gasteiger partial charge in [0.2, 0.25) is 0 Å². The molecule has 0 heterocycles. The van der Waals surface area contributed by atoms with Gasteiger partial charge < -0.3 is 9.90 Å². The van der Waals surface area contributed by atoms with Crippen molar-refractivity contribution in [2.45, 2.75) is 96.3 Å². The van der Waals surface area contributed by atoms with Gasteiger partial charge in [0.1, 0.15) is 0 Å². The van der Waals surface area contributed by atoms with E-state index < -0.39 is 5.97 Å². The summed E-state index contributed by atoms with van der Waals surface area (Å²) in [4.78, 5) is 10.3. The second-order valence-corrected chi connectivity index (χ2v) is 7.28. The van der Waals surface area contributed by atoms with Crippen LogP contribution in [0.15, 0.2) is 0 Å². The third kappa shape index (κ3) is 18.9. The molecule has 0 aliphatic rings. The SMILES string of the molecule is C[N+](C)=C(N)NCCCCCCCCCCCCCCCCC(=O)[O-]. The van der Waals surface area contributed by atoms with Crippen LogP contribution in [-0.2, 0) is 4.79 Å². The zero-order valence-corrected chi connectivity index (χ0v) is 16.7. The number of guanidine groups is 1. The molecule has 0 radical (unpaired) electrons. The average Bonchev–Trinajstić information content (AvgIpc) is 2.57. The molecule has 0 fully saturated rings. The van der Waals surface area contributed by atoms with Crippen molar-refractivity contribution in [2.24, 2.45) is 5.73 Å². The molecule has 0 aliphatic carbocycles. The molecule has 0 saturated carbocycles. The van der Waals surface area contributed by atoms with Crippen LogP contribution < -0.4 is 16.2 Å². The lowest BCUT2D eigenvalue weighted by atomic mass is 10.0. The van der Waals surface area contributed by atoms with Crippen LogP contribution in [0.4, 0.5) is 0 Å². The fourth-order valence-electron chi connectivity index (χ4n) is 2.89. The van der Waals surface area contributed by atoms with E-state index in [1.54, 1.807) is 0 Å². The molecule has 0 amide bonds. The Labute approximate surface area is 155 Å². The van der Waals surface area contributed by atoms with Gasteiger partial charge in [-0.15, -0.1) is 0 Å². The van der Waals surface area contributed by atoms with Gasteiger partial charge >= 0.3 is 5.96 Å². The summed E-state index contributed by atoms with van der Waals surface area (Å²) in [6.45, 7) is 0.969. The minimum atomic E-state index is -0.913. The molecule has 0 bridgehead atoms. The fourth-order valence-corrected chi connectivity index (χ4v) is 2.89. The molecule has 0 unspecified atom stereocenters. The van der Waals surface area contributed by atoms with Crippen molar-refractivity contribution in [2.75, 3.05) is 20.6 Å². The van der Waals surface area contributed by atoms with Crippen LogP contribution >= 0.6 is 0 Å². The molecule has 0 aromatic rings. The van der Waals surface area contributed by atoms with Crippen molar-refractivity contribution in [1.82, 2.24) is 5.32 Å². The largest absolute Gasteiger partial charge is 0.550 e. The number of carbonyl (C=O) groups excluding carboxylic acids is 1. The van der Waals surface area contributed by atoms with Crippen LogP contribution in [0.3, 0.4) is 0 Å². The number of nitrogens with one attached hydrogen (secondary N) is 1. The first-order chi connectivity index (χ1) is 12.0. The van der Waals surface area contributed by atoms with Gasteiger partial charge in [-0.2, -0.15) is 0 Å². The molecular weight excluding hydrogens is 314 g/mol. The molecule has 5 nitrogen and oxygen atoms in total. The van der Waals surface area contributed by atoms with Gasteiger partial charge in [-0.25, -0.2) is 0 Å². The zero-order chi connectivity index (χ0) is 18.8. The maximum atomic E-state index is 10.3. The number of carbonyl (C=O) groups is 1. The molecule has 5 heteroatoms. The van der Waals surface area contributed by atoms with Crippen molar-refractivity contribution in [3.05, 3.63) is 0 Å². The smallest absolute Gasteiger partial charge is 0.342 e. The average molecular weight is 356 g/mol. The lowest BCUT2D eigenvalue weighted by molar-refractivity contribution is -0.467. The first kappa shape index (κ1) is 23.7. The molecule has 0 rings (SSSR count). The van der Waals surface area contributed by atoms with Crippen molar-refractivity contribution >= 4 is 11.9 Å². The summed E-state index contributed by atoms with van der Waals surface area (Å²) in [5.41, 5.74) is 5.80. The Morgan fingerprint density at radius 3 is 1.48 bits per heavy atom. The standard InChI is InChI=1S/C20H41N3O2/c1-23(2)20(21)22-18-16-14-12-10-8-6-4-3-5-7-9-11-13-15-17-19(24)25/h3-18H2,1-2H3,(H3,21,22,24,25). The van der Waals surface area contributed by atoms with E-state index >= 15 is 0 Å². The third-order valence-corrected chi connectivity index (χ3v) is 4.60. The predicted molar refractivity (Wildman–Crippen MR) is 104 cm³/mol. The van der Waals surface area contributed by atoms with E-state index in [0.29, 0.717) is 0 Å². The maximum absolute atomic E-state index is 10.3. The Morgan fingerprint density at radius 1 is 0.760 bits per heavy atom. The lowest BCUT2D eigenvalue weighted by Crippen LogP contribution is -2.38. The van der Waals surface area contributed by atoms with Crippen LogP contribution in [0.25, 0.3) is 0 Å². The van der Waals surface area contributed by atoms with E-state index in [9.17, 15) is 9.90 Å². The van der Waals surface area contributed by atoms with Gasteiger partial charge in [0.15, 0.2) is 0 Å². The normalized spacial score (nSPS) is 10.6. The van der Waals surface area contributed by atoms with Crippen molar-refractivity contribution in [1.29, 1.82) is 0 Å². The molecule has 25 heavy (non-hydrogen) atoms. The van der Waals surface area contributed by atoms with Gasteiger partial charge in [-0.05, 0) is 19.3 Å². The summed E-state index contributed by atoms with van der Waals surface area (Å²) >= 11 is 0. The Morgan fingerprint density at radius 2 is 1.12 bits per heavy atom. The molecule has 0 aliphatic heterocycles. The first-order valence-electron chi connectivity index (χ1n) is 10.3. The highest BCUT2D eigenvalue weighted by Gasteiger charge is 1.99. The second-order valence-electron chi connectivity index (χ2n) is 7.28. The fraction of sp³-hybridized carbons (Fsp3) is 0.900. The number of carboxylic acid groups (broad SMARTS) is 1. The number of unbranched alkanes of at least 4 members (excludes halogenated alkanes) is 13. The minimum absolute atomic E-state index is 0.221. The summed E-state index contributed by atoms with van der Waals surface area (Å²) in [6, 6.07) is 0. The Balaban J connectivity index is 3.10.